The Kier molecular flexibility index (Phi) is 4.31. The lowest BCUT2D eigenvalue weighted by molar-refractivity contribution is -0.122. The smallest absolute Gasteiger partial charge is 0.234 e. The van der Waals surface area contributed by atoms with Gasteiger partial charge in [0.15, 0.2) is 0 Å². The van der Waals surface area contributed by atoms with Gasteiger partial charge in [-0.2, -0.15) is 0 Å². The van der Waals surface area contributed by atoms with Gasteiger partial charge in [-0.3, -0.25) is 9.69 Å². The first kappa shape index (κ1) is 14.2. The number of nitrogens with zero attached hydrogens (tertiary/aromatic N) is 1. The highest BCUT2D eigenvalue weighted by molar-refractivity contribution is 7.10. The SMILES string of the molecule is O=C(CN1CCc2sccc2C1)NCc1ccc(F)cc1. The molecule has 2 heterocycles. The van der Waals surface area contributed by atoms with Crippen molar-refractivity contribution in [2.45, 2.75) is 19.5 Å². The van der Waals surface area contributed by atoms with Gasteiger partial charge in [-0.25, -0.2) is 4.39 Å². The van der Waals surface area contributed by atoms with Crippen molar-refractivity contribution >= 4 is 17.2 Å². The highest BCUT2D eigenvalue weighted by atomic mass is 32.1. The Morgan fingerprint density at radius 2 is 2.10 bits per heavy atom. The Balaban J connectivity index is 1.47. The first-order valence-corrected chi connectivity index (χ1v) is 7.87. The molecule has 0 unspecified atom stereocenters. The van der Waals surface area contributed by atoms with Gasteiger partial charge in [0.2, 0.25) is 5.91 Å². The lowest BCUT2D eigenvalue weighted by atomic mass is 10.1. The molecule has 21 heavy (non-hydrogen) atoms. The van der Waals surface area contributed by atoms with E-state index in [1.54, 1.807) is 23.5 Å². The van der Waals surface area contributed by atoms with Crippen LogP contribution in [-0.2, 0) is 24.3 Å². The average Bonchev–Trinajstić information content (AvgIpc) is 2.94. The van der Waals surface area contributed by atoms with Gasteiger partial charge in [0.25, 0.3) is 0 Å². The molecule has 3 rings (SSSR count). The number of benzene rings is 1. The third kappa shape index (κ3) is 3.68. The number of carbonyl (C=O) groups excluding carboxylic acids is 1. The summed E-state index contributed by atoms with van der Waals surface area (Å²) in [5, 5.41) is 5.00. The number of carbonyl (C=O) groups is 1. The van der Waals surface area contributed by atoms with Gasteiger partial charge in [-0.15, -0.1) is 11.3 Å². The van der Waals surface area contributed by atoms with Crippen LogP contribution in [0, 0.1) is 5.82 Å². The molecule has 0 aliphatic carbocycles. The summed E-state index contributed by atoms with van der Waals surface area (Å²) in [6.07, 6.45) is 1.03. The van der Waals surface area contributed by atoms with Gasteiger partial charge in [0, 0.05) is 24.5 Å². The van der Waals surface area contributed by atoms with Crippen LogP contribution in [0.5, 0.6) is 0 Å². The summed E-state index contributed by atoms with van der Waals surface area (Å²) in [6.45, 7) is 2.63. The molecule has 1 aliphatic rings. The highest BCUT2D eigenvalue weighted by Gasteiger charge is 2.18. The lowest BCUT2D eigenvalue weighted by Crippen LogP contribution is -2.39. The van der Waals surface area contributed by atoms with Crippen molar-refractivity contribution in [2.24, 2.45) is 0 Å². The second kappa shape index (κ2) is 6.37. The molecule has 1 amide bonds. The van der Waals surface area contributed by atoms with E-state index in [2.05, 4.69) is 21.7 Å². The topological polar surface area (TPSA) is 32.3 Å². The second-order valence-electron chi connectivity index (χ2n) is 5.23. The summed E-state index contributed by atoms with van der Waals surface area (Å²) in [7, 11) is 0. The van der Waals surface area contributed by atoms with Gasteiger partial charge < -0.3 is 5.32 Å². The van der Waals surface area contributed by atoms with Crippen LogP contribution in [0.25, 0.3) is 0 Å². The first-order chi connectivity index (χ1) is 10.2. The fraction of sp³-hybridized carbons (Fsp3) is 0.312. The van der Waals surface area contributed by atoms with Gasteiger partial charge in [-0.05, 0) is 41.1 Å². The standard InChI is InChI=1S/C16H17FN2OS/c17-14-3-1-12(2-4-14)9-18-16(20)11-19-7-5-15-13(10-19)6-8-21-15/h1-4,6,8H,5,7,9-11H2,(H,18,20). The van der Waals surface area contributed by atoms with Gasteiger partial charge in [-0.1, -0.05) is 12.1 Å². The monoisotopic (exact) mass is 304 g/mol. The summed E-state index contributed by atoms with van der Waals surface area (Å²) >= 11 is 1.80. The molecule has 0 radical (unpaired) electrons. The van der Waals surface area contributed by atoms with Crippen molar-refractivity contribution in [3.8, 4) is 0 Å². The summed E-state index contributed by atoms with van der Waals surface area (Å²) in [6, 6.07) is 8.33. The Morgan fingerprint density at radius 3 is 2.90 bits per heavy atom. The van der Waals surface area contributed by atoms with E-state index >= 15 is 0 Å². The molecule has 1 aromatic heterocycles. The van der Waals surface area contributed by atoms with E-state index < -0.39 is 0 Å². The van der Waals surface area contributed by atoms with E-state index in [1.807, 2.05) is 0 Å². The van der Waals surface area contributed by atoms with E-state index in [1.165, 1.54) is 22.6 Å². The minimum absolute atomic E-state index is 0.0120. The zero-order chi connectivity index (χ0) is 14.7. The molecule has 0 fully saturated rings. The number of amides is 1. The van der Waals surface area contributed by atoms with Crippen LogP contribution in [0.4, 0.5) is 4.39 Å². The number of fused-ring (bicyclic) bond motifs is 1. The molecule has 0 saturated carbocycles. The lowest BCUT2D eigenvalue weighted by Gasteiger charge is -2.26. The fourth-order valence-electron chi connectivity index (χ4n) is 2.50. The molecule has 110 valence electrons. The molecular formula is C16H17FN2OS. The fourth-order valence-corrected chi connectivity index (χ4v) is 3.39. The number of hydrogen-bond donors (Lipinski definition) is 1. The highest BCUT2D eigenvalue weighted by Crippen LogP contribution is 2.23. The number of nitrogens with one attached hydrogen (secondary N) is 1. The quantitative estimate of drug-likeness (QED) is 0.941. The van der Waals surface area contributed by atoms with Crippen molar-refractivity contribution < 1.29 is 9.18 Å². The predicted molar refractivity (Wildman–Crippen MR) is 81.5 cm³/mol. The Morgan fingerprint density at radius 1 is 1.29 bits per heavy atom. The van der Waals surface area contributed by atoms with E-state index in [0.717, 1.165) is 25.1 Å². The van der Waals surface area contributed by atoms with E-state index in [4.69, 9.17) is 0 Å². The number of rotatable bonds is 4. The molecule has 0 atom stereocenters. The van der Waals surface area contributed by atoms with Crippen molar-refractivity contribution in [3.63, 3.8) is 0 Å². The van der Waals surface area contributed by atoms with E-state index in [0.29, 0.717) is 13.1 Å². The maximum absolute atomic E-state index is 12.8. The third-order valence-corrected chi connectivity index (χ3v) is 4.68. The van der Waals surface area contributed by atoms with Crippen LogP contribution in [0.1, 0.15) is 16.0 Å². The molecule has 0 saturated heterocycles. The molecule has 1 aromatic carbocycles. The first-order valence-electron chi connectivity index (χ1n) is 6.99. The molecule has 1 N–H and O–H groups in total. The average molecular weight is 304 g/mol. The Bertz CT molecular complexity index is 623. The molecular weight excluding hydrogens is 287 g/mol. The summed E-state index contributed by atoms with van der Waals surface area (Å²) < 4.78 is 12.8. The maximum atomic E-state index is 12.8. The molecule has 0 bridgehead atoms. The van der Waals surface area contributed by atoms with E-state index in [9.17, 15) is 9.18 Å². The minimum Gasteiger partial charge on any atom is -0.351 e. The van der Waals surface area contributed by atoms with Gasteiger partial charge in [0.05, 0.1) is 6.54 Å². The van der Waals surface area contributed by atoms with Crippen molar-refractivity contribution in [1.29, 1.82) is 0 Å². The van der Waals surface area contributed by atoms with Crippen LogP contribution >= 0.6 is 11.3 Å². The van der Waals surface area contributed by atoms with Gasteiger partial charge >= 0.3 is 0 Å². The maximum Gasteiger partial charge on any atom is 0.234 e. The van der Waals surface area contributed by atoms with Crippen LogP contribution in [-0.4, -0.2) is 23.9 Å². The summed E-state index contributed by atoms with van der Waals surface area (Å²) in [5.41, 5.74) is 2.25. The zero-order valence-corrected chi connectivity index (χ0v) is 12.5. The summed E-state index contributed by atoms with van der Waals surface area (Å²) in [5.74, 6) is -0.247. The largest absolute Gasteiger partial charge is 0.351 e. The zero-order valence-electron chi connectivity index (χ0n) is 11.6. The second-order valence-corrected chi connectivity index (χ2v) is 6.23. The molecule has 0 spiro atoms. The number of thiophene rings is 1. The number of halogens is 1. The third-order valence-electron chi connectivity index (χ3n) is 3.66. The van der Waals surface area contributed by atoms with Gasteiger partial charge in [0.1, 0.15) is 5.82 Å². The molecule has 1 aliphatic heterocycles. The van der Waals surface area contributed by atoms with Crippen LogP contribution in [0.15, 0.2) is 35.7 Å². The van der Waals surface area contributed by atoms with E-state index in [-0.39, 0.29) is 11.7 Å². The Hall–Kier alpha value is -1.72. The van der Waals surface area contributed by atoms with Crippen molar-refractivity contribution in [2.75, 3.05) is 13.1 Å². The van der Waals surface area contributed by atoms with Crippen LogP contribution in [0.3, 0.4) is 0 Å². The molecule has 5 heteroatoms. The van der Waals surface area contributed by atoms with Crippen molar-refractivity contribution in [3.05, 3.63) is 57.5 Å². The van der Waals surface area contributed by atoms with Crippen LogP contribution < -0.4 is 5.32 Å². The predicted octanol–water partition coefficient (Wildman–Crippen LogP) is 2.56. The minimum atomic E-state index is -0.259. The summed E-state index contributed by atoms with van der Waals surface area (Å²) in [4.78, 5) is 15.6. The van der Waals surface area contributed by atoms with Crippen molar-refractivity contribution in [1.82, 2.24) is 10.2 Å². The van der Waals surface area contributed by atoms with Crippen LogP contribution in [0.2, 0.25) is 0 Å². The normalized spacial score (nSPS) is 14.7. The molecule has 2 aromatic rings. The molecule has 3 nitrogen and oxygen atoms in total. The Labute approximate surface area is 127 Å². The number of hydrogen-bond acceptors (Lipinski definition) is 3.